The van der Waals surface area contributed by atoms with E-state index in [1.807, 2.05) is 0 Å². The Hall–Kier alpha value is -1.56. The Labute approximate surface area is 172 Å². The van der Waals surface area contributed by atoms with Crippen LogP contribution in [0.25, 0.3) is 0 Å². The number of carbonyl (C=O) groups is 1. The summed E-state index contributed by atoms with van der Waals surface area (Å²) in [7, 11) is -4.00. The minimum Gasteiger partial charge on any atom is -0.379 e. The number of hydrogen-bond acceptors (Lipinski definition) is 5. The van der Waals surface area contributed by atoms with Crippen LogP contribution in [0.3, 0.4) is 0 Å². The zero-order valence-electron chi connectivity index (χ0n) is 15.8. The number of rotatable bonds is 8. The molecule has 0 bridgehead atoms. The molecule has 1 aromatic rings. The van der Waals surface area contributed by atoms with E-state index >= 15 is 0 Å². The van der Waals surface area contributed by atoms with Crippen LogP contribution in [0.4, 0.5) is 18.9 Å². The lowest BCUT2D eigenvalue weighted by molar-refractivity contribution is -0.137. The van der Waals surface area contributed by atoms with E-state index in [2.05, 4.69) is 10.2 Å². The van der Waals surface area contributed by atoms with Crippen molar-refractivity contribution in [3.63, 3.8) is 0 Å². The number of alkyl halides is 3. The van der Waals surface area contributed by atoms with E-state index in [1.54, 1.807) is 0 Å². The Morgan fingerprint density at radius 1 is 1.31 bits per heavy atom. The van der Waals surface area contributed by atoms with Crippen LogP contribution in [0.5, 0.6) is 0 Å². The summed E-state index contributed by atoms with van der Waals surface area (Å²) in [5.41, 5.74) is -1.45. The third-order valence-electron chi connectivity index (χ3n) is 4.31. The van der Waals surface area contributed by atoms with Gasteiger partial charge in [0.2, 0.25) is 15.9 Å². The van der Waals surface area contributed by atoms with Gasteiger partial charge in [-0.25, -0.2) is 8.42 Å². The van der Waals surface area contributed by atoms with E-state index in [0.29, 0.717) is 36.6 Å². The molecule has 1 N–H and O–H groups in total. The van der Waals surface area contributed by atoms with Crippen molar-refractivity contribution in [1.82, 2.24) is 10.2 Å². The fraction of sp³-hybridized carbons (Fsp3) is 0.588. The average Bonchev–Trinajstić information content (AvgIpc) is 2.63. The molecule has 0 aromatic heterocycles. The third-order valence-corrected chi connectivity index (χ3v) is 5.78. The normalized spacial score (nSPS) is 15.9. The smallest absolute Gasteiger partial charge is 0.379 e. The first-order chi connectivity index (χ1) is 13.5. The zero-order valence-corrected chi connectivity index (χ0v) is 17.4. The summed E-state index contributed by atoms with van der Waals surface area (Å²) in [6.07, 6.45) is -3.28. The standard InChI is InChI=1S/C17H23ClF3N3O4S/c1-29(26,27)24(13-3-4-15(18)14(11-13)17(19,20)21)12-16(25)22-5-2-6-23-7-9-28-10-8-23/h3-4,11H,2,5-10,12H2,1H3,(H,22,25). The molecule has 164 valence electrons. The van der Waals surface area contributed by atoms with E-state index in [-0.39, 0.29) is 5.69 Å². The number of nitrogens with one attached hydrogen (secondary N) is 1. The molecule has 0 atom stereocenters. The highest BCUT2D eigenvalue weighted by Gasteiger charge is 2.34. The molecule has 1 heterocycles. The summed E-state index contributed by atoms with van der Waals surface area (Å²) in [5.74, 6) is -0.610. The molecular formula is C17H23ClF3N3O4S. The molecule has 1 aliphatic rings. The molecule has 12 heteroatoms. The lowest BCUT2D eigenvalue weighted by atomic mass is 10.2. The maximum atomic E-state index is 13.1. The molecule has 0 aliphatic carbocycles. The first-order valence-electron chi connectivity index (χ1n) is 8.90. The second-order valence-electron chi connectivity index (χ2n) is 6.59. The van der Waals surface area contributed by atoms with Gasteiger partial charge in [0.1, 0.15) is 6.54 Å². The highest BCUT2D eigenvalue weighted by atomic mass is 35.5. The van der Waals surface area contributed by atoms with Gasteiger partial charge in [-0.3, -0.25) is 14.0 Å². The fourth-order valence-corrected chi connectivity index (χ4v) is 3.90. The fourth-order valence-electron chi connectivity index (χ4n) is 2.83. The topological polar surface area (TPSA) is 79.0 Å². The van der Waals surface area contributed by atoms with Crippen LogP contribution in [-0.2, 0) is 25.7 Å². The molecule has 29 heavy (non-hydrogen) atoms. The maximum Gasteiger partial charge on any atom is 0.417 e. The summed E-state index contributed by atoms with van der Waals surface area (Å²) in [6, 6.07) is 2.71. The first kappa shape index (κ1) is 23.7. The van der Waals surface area contributed by atoms with Crippen LogP contribution in [0, 0.1) is 0 Å². The number of hydrogen-bond donors (Lipinski definition) is 1. The minimum atomic E-state index is -4.75. The third kappa shape index (κ3) is 7.32. The van der Waals surface area contributed by atoms with Crippen molar-refractivity contribution in [2.24, 2.45) is 0 Å². The summed E-state index contributed by atoms with van der Waals surface area (Å²) in [5, 5.41) is 2.05. The monoisotopic (exact) mass is 457 g/mol. The van der Waals surface area contributed by atoms with Crippen molar-refractivity contribution in [2.75, 3.05) is 56.5 Å². The van der Waals surface area contributed by atoms with Crippen LogP contribution >= 0.6 is 11.6 Å². The van der Waals surface area contributed by atoms with Gasteiger partial charge in [0, 0.05) is 19.6 Å². The molecule has 1 saturated heterocycles. The molecule has 1 aliphatic heterocycles. The highest BCUT2D eigenvalue weighted by Crippen LogP contribution is 2.37. The predicted octanol–water partition coefficient (Wildman–Crippen LogP) is 1.96. The lowest BCUT2D eigenvalue weighted by Crippen LogP contribution is -2.42. The van der Waals surface area contributed by atoms with Crippen molar-refractivity contribution >= 4 is 33.2 Å². The second kappa shape index (κ2) is 9.96. The van der Waals surface area contributed by atoms with Crippen LogP contribution in [0.15, 0.2) is 18.2 Å². The molecular weight excluding hydrogens is 435 g/mol. The van der Waals surface area contributed by atoms with Crippen LogP contribution < -0.4 is 9.62 Å². The van der Waals surface area contributed by atoms with Crippen LogP contribution in [-0.4, -0.2) is 71.4 Å². The number of benzene rings is 1. The van der Waals surface area contributed by atoms with E-state index < -0.39 is 39.2 Å². The number of halogens is 4. The number of sulfonamides is 1. The van der Waals surface area contributed by atoms with E-state index in [9.17, 15) is 26.4 Å². The van der Waals surface area contributed by atoms with Crippen LogP contribution in [0.2, 0.25) is 5.02 Å². The second-order valence-corrected chi connectivity index (χ2v) is 8.90. The molecule has 1 fully saturated rings. The Balaban J connectivity index is 1.99. The first-order valence-corrected chi connectivity index (χ1v) is 11.1. The van der Waals surface area contributed by atoms with Gasteiger partial charge in [-0.1, -0.05) is 11.6 Å². The summed E-state index contributed by atoms with van der Waals surface area (Å²) in [4.78, 5) is 14.4. The highest BCUT2D eigenvalue weighted by molar-refractivity contribution is 7.92. The van der Waals surface area contributed by atoms with Gasteiger partial charge in [0.05, 0.1) is 35.7 Å². The van der Waals surface area contributed by atoms with Gasteiger partial charge in [-0.2, -0.15) is 13.2 Å². The Morgan fingerprint density at radius 3 is 2.55 bits per heavy atom. The van der Waals surface area contributed by atoms with E-state index in [0.717, 1.165) is 38.0 Å². The molecule has 1 aromatic carbocycles. The van der Waals surface area contributed by atoms with E-state index in [1.165, 1.54) is 0 Å². The van der Waals surface area contributed by atoms with Gasteiger partial charge in [0.25, 0.3) is 0 Å². The summed E-state index contributed by atoms with van der Waals surface area (Å²) >= 11 is 5.58. The Bertz CT molecular complexity index is 815. The summed E-state index contributed by atoms with van der Waals surface area (Å²) in [6.45, 7) is 3.40. The Morgan fingerprint density at radius 2 is 1.97 bits per heavy atom. The van der Waals surface area contributed by atoms with Gasteiger partial charge in [0.15, 0.2) is 0 Å². The molecule has 0 radical (unpaired) electrons. The van der Waals surface area contributed by atoms with Crippen molar-refractivity contribution in [3.8, 4) is 0 Å². The molecule has 0 saturated carbocycles. The predicted molar refractivity (Wildman–Crippen MR) is 104 cm³/mol. The molecule has 0 spiro atoms. The molecule has 1 amide bonds. The lowest BCUT2D eigenvalue weighted by Gasteiger charge is -2.26. The van der Waals surface area contributed by atoms with E-state index in [4.69, 9.17) is 16.3 Å². The molecule has 2 rings (SSSR count). The van der Waals surface area contributed by atoms with Gasteiger partial charge < -0.3 is 10.1 Å². The minimum absolute atomic E-state index is 0.285. The van der Waals surface area contributed by atoms with Crippen molar-refractivity contribution < 1.29 is 31.1 Å². The van der Waals surface area contributed by atoms with Crippen molar-refractivity contribution in [3.05, 3.63) is 28.8 Å². The number of ether oxygens (including phenoxy) is 1. The van der Waals surface area contributed by atoms with Gasteiger partial charge in [-0.05, 0) is 31.2 Å². The number of nitrogens with zero attached hydrogens (tertiary/aromatic N) is 2. The maximum absolute atomic E-state index is 13.1. The Kier molecular flexibility index (Phi) is 8.15. The van der Waals surface area contributed by atoms with Crippen molar-refractivity contribution in [1.29, 1.82) is 0 Å². The number of amides is 1. The van der Waals surface area contributed by atoms with Gasteiger partial charge in [-0.15, -0.1) is 0 Å². The largest absolute Gasteiger partial charge is 0.417 e. The number of anilines is 1. The zero-order chi connectivity index (χ0) is 21.7. The SMILES string of the molecule is CS(=O)(=O)N(CC(=O)NCCCN1CCOCC1)c1ccc(Cl)c(C(F)(F)F)c1. The summed E-state index contributed by atoms with van der Waals surface area (Å²) < 4.78 is 69.2. The quantitative estimate of drug-likeness (QED) is 0.604. The number of morpholine rings is 1. The molecule has 0 unspecified atom stereocenters. The van der Waals surface area contributed by atoms with Gasteiger partial charge >= 0.3 is 6.18 Å². The van der Waals surface area contributed by atoms with Crippen LogP contribution in [0.1, 0.15) is 12.0 Å². The average molecular weight is 458 g/mol. The molecule has 7 nitrogen and oxygen atoms in total. The van der Waals surface area contributed by atoms with Crippen molar-refractivity contribution in [2.45, 2.75) is 12.6 Å². The number of carbonyl (C=O) groups excluding carboxylic acids is 1.